The number of primary amides is 1. The molecule has 4 rings (SSSR count). The normalized spacial score (nSPS) is 12.3. The summed E-state index contributed by atoms with van der Waals surface area (Å²) < 4.78 is 16.5. The highest BCUT2D eigenvalue weighted by Gasteiger charge is 2.19. The molecule has 158 valence electrons. The molecular weight excluding hydrogens is 391 g/mol. The highest BCUT2D eigenvalue weighted by molar-refractivity contribution is 6.02. The summed E-state index contributed by atoms with van der Waals surface area (Å²) in [6.45, 7) is 5.91. The number of amides is 1. The van der Waals surface area contributed by atoms with Crippen LogP contribution in [-0.4, -0.2) is 15.5 Å². The number of halogens is 1. The van der Waals surface area contributed by atoms with Crippen LogP contribution in [0.4, 0.5) is 10.1 Å². The topological polar surface area (TPSA) is 72.4 Å². The summed E-state index contributed by atoms with van der Waals surface area (Å²) in [5, 5.41) is 7.64. The summed E-state index contributed by atoms with van der Waals surface area (Å²) in [5.41, 5.74) is 10.6. The van der Waals surface area contributed by atoms with Crippen LogP contribution < -0.4 is 11.1 Å². The van der Waals surface area contributed by atoms with Crippen LogP contribution in [0.2, 0.25) is 0 Å². The molecule has 1 unspecified atom stereocenters. The molecule has 5 nitrogen and oxygen atoms in total. The van der Waals surface area contributed by atoms with Gasteiger partial charge in [0.25, 0.3) is 5.91 Å². The Balaban J connectivity index is 1.77. The molecule has 0 bridgehead atoms. The molecule has 2 aromatic heterocycles. The Hall–Kier alpha value is -3.67. The van der Waals surface area contributed by atoms with Gasteiger partial charge in [-0.15, -0.1) is 0 Å². The van der Waals surface area contributed by atoms with E-state index in [0.717, 1.165) is 16.7 Å². The van der Waals surface area contributed by atoms with Crippen molar-refractivity contribution in [3.05, 3.63) is 89.5 Å². The fourth-order valence-corrected chi connectivity index (χ4v) is 3.73. The number of aromatic nitrogens is 2. The number of carbonyl (C=O) groups is 1. The maximum absolute atomic E-state index is 14.8. The zero-order chi connectivity index (χ0) is 22.1. The van der Waals surface area contributed by atoms with Crippen molar-refractivity contribution in [3.63, 3.8) is 0 Å². The van der Waals surface area contributed by atoms with E-state index in [0.29, 0.717) is 16.8 Å². The zero-order valence-corrected chi connectivity index (χ0v) is 17.8. The Labute approximate surface area is 180 Å². The zero-order valence-electron chi connectivity index (χ0n) is 17.8. The first-order chi connectivity index (χ1) is 14.8. The third kappa shape index (κ3) is 4.01. The van der Waals surface area contributed by atoms with E-state index in [4.69, 9.17) is 5.73 Å². The minimum Gasteiger partial charge on any atom is -0.376 e. The van der Waals surface area contributed by atoms with Gasteiger partial charge in [-0.25, -0.2) is 8.91 Å². The minimum atomic E-state index is -0.595. The fraction of sp³-hybridized carbons (Fsp3) is 0.200. The van der Waals surface area contributed by atoms with Crippen molar-refractivity contribution in [2.24, 2.45) is 5.73 Å². The smallest absolute Gasteiger partial charge is 0.252 e. The summed E-state index contributed by atoms with van der Waals surface area (Å²) in [5.74, 6) is -0.634. The molecule has 0 saturated heterocycles. The SMILES string of the molecule is CC(C)c1ccc(C(C)Nc2c(C(N)=O)cnn3cc(-c4ccccc4)cc23)c(F)c1. The molecule has 0 aliphatic rings. The van der Waals surface area contributed by atoms with Gasteiger partial charge in [0.15, 0.2) is 0 Å². The Kier molecular flexibility index (Phi) is 5.46. The predicted molar refractivity (Wildman–Crippen MR) is 122 cm³/mol. The van der Waals surface area contributed by atoms with Crippen molar-refractivity contribution >= 4 is 17.1 Å². The van der Waals surface area contributed by atoms with E-state index in [1.165, 1.54) is 6.20 Å². The molecule has 1 atom stereocenters. The largest absolute Gasteiger partial charge is 0.376 e. The van der Waals surface area contributed by atoms with E-state index in [9.17, 15) is 9.18 Å². The van der Waals surface area contributed by atoms with E-state index in [2.05, 4.69) is 10.4 Å². The van der Waals surface area contributed by atoms with Gasteiger partial charge < -0.3 is 11.1 Å². The quantitative estimate of drug-likeness (QED) is 0.434. The number of nitrogens with two attached hydrogens (primary N) is 1. The summed E-state index contributed by atoms with van der Waals surface area (Å²) in [6.07, 6.45) is 3.33. The molecule has 0 aliphatic heterocycles. The van der Waals surface area contributed by atoms with Crippen LogP contribution >= 0.6 is 0 Å². The molecular formula is C25H25FN4O. The highest BCUT2D eigenvalue weighted by Crippen LogP contribution is 2.32. The van der Waals surface area contributed by atoms with Gasteiger partial charge in [-0.05, 0) is 36.1 Å². The van der Waals surface area contributed by atoms with Crippen LogP contribution in [0.1, 0.15) is 54.2 Å². The lowest BCUT2D eigenvalue weighted by atomic mass is 9.98. The lowest BCUT2D eigenvalue weighted by Crippen LogP contribution is -2.18. The van der Waals surface area contributed by atoms with Gasteiger partial charge >= 0.3 is 0 Å². The number of hydrogen-bond donors (Lipinski definition) is 2. The number of rotatable bonds is 6. The van der Waals surface area contributed by atoms with Crippen molar-refractivity contribution in [1.82, 2.24) is 9.61 Å². The van der Waals surface area contributed by atoms with Crippen molar-refractivity contribution in [1.29, 1.82) is 0 Å². The van der Waals surface area contributed by atoms with Crippen LogP contribution in [0, 0.1) is 5.82 Å². The summed E-state index contributed by atoms with van der Waals surface area (Å²) >= 11 is 0. The number of fused-ring (bicyclic) bond motifs is 1. The molecule has 0 spiro atoms. The standard InChI is InChI=1S/C25H25FN4O/c1-15(2)18-9-10-20(22(26)11-18)16(3)29-24-21(25(27)31)13-28-30-14-19(12-23(24)30)17-7-5-4-6-8-17/h4-16,29H,1-3H3,(H2,27,31). The molecule has 0 saturated carbocycles. The molecule has 0 fully saturated rings. The van der Waals surface area contributed by atoms with E-state index in [-0.39, 0.29) is 23.3 Å². The van der Waals surface area contributed by atoms with E-state index in [1.807, 2.05) is 69.4 Å². The van der Waals surface area contributed by atoms with Gasteiger partial charge in [0.2, 0.25) is 0 Å². The number of carbonyl (C=O) groups excluding carboxylic acids is 1. The van der Waals surface area contributed by atoms with Crippen molar-refractivity contribution < 1.29 is 9.18 Å². The van der Waals surface area contributed by atoms with Gasteiger partial charge in [0.05, 0.1) is 29.0 Å². The number of nitrogens with zero attached hydrogens (tertiary/aromatic N) is 2. The average Bonchev–Trinajstić information content (AvgIpc) is 3.19. The van der Waals surface area contributed by atoms with E-state index < -0.39 is 5.91 Å². The van der Waals surface area contributed by atoms with Gasteiger partial charge in [0.1, 0.15) is 5.82 Å². The van der Waals surface area contributed by atoms with Gasteiger partial charge in [-0.3, -0.25) is 4.79 Å². The molecule has 2 heterocycles. The van der Waals surface area contributed by atoms with E-state index in [1.54, 1.807) is 16.6 Å². The lowest BCUT2D eigenvalue weighted by Gasteiger charge is -2.20. The Morgan fingerprint density at radius 2 is 1.81 bits per heavy atom. The summed E-state index contributed by atoms with van der Waals surface area (Å²) in [7, 11) is 0. The molecule has 2 aromatic carbocycles. The second-order valence-electron chi connectivity index (χ2n) is 8.02. The van der Waals surface area contributed by atoms with Crippen molar-refractivity contribution in [3.8, 4) is 11.1 Å². The average molecular weight is 417 g/mol. The van der Waals surface area contributed by atoms with Crippen molar-refractivity contribution in [2.75, 3.05) is 5.32 Å². The molecule has 3 N–H and O–H groups in total. The van der Waals surface area contributed by atoms with Crippen LogP contribution in [0.25, 0.3) is 16.6 Å². The van der Waals surface area contributed by atoms with Crippen LogP contribution in [0.3, 0.4) is 0 Å². The van der Waals surface area contributed by atoms with Crippen molar-refractivity contribution in [2.45, 2.75) is 32.7 Å². The molecule has 0 aliphatic carbocycles. The van der Waals surface area contributed by atoms with Gasteiger partial charge in [-0.2, -0.15) is 5.10 Å². The maximum atomic E-state index is 14.8. The number of hydrogen-bond acceptors (Lipinski definition) is 3. The summed E-state index contributed by atoms with van der Waals surface area (Å²) in [6, 6.07) is 16.7. The molecule has 0 radical (unpaired) electrons. The third-order valence-electron chi connectivity index (χ3n) is 5.53. The number of anilines is 1. The van der Waals surface area contributed by atoms with E-state index >= 15 is 0 Å². The first-order valence-corrected chi connectivity index (χ1v) is 10.3. The third-order valence-corrected chi connectivity index (χ3v) is 5.53. The first kappa shape index (κ1) is 20.6. The van der Waals surface area contributed by atoms with Crippen LogP contribution in [-0.2, 0) is 0 Å². The molecule has 1 amide bonds. The second kappa shape index (κ2) is 8.22. The first-order valence-electron chi connectivity index (χ1n) is 10.3. The van der Waals surface area contributed by atoms with Gasteiger partial charge in [0, 0.05) is 17.3 Å². The Morgan fingerprint density at radius 1 is 1.06 bits per heavy atom. The summed E-state index contributed by atoms with van der Waals surface area (Å²) in [4.78, 5) is 12.1. The lowest BCUT2D eigenvalue weighted by molar-refractivity contribution is 0.100. The monoisotopic (exact) mass is 416 g/mol. The molecule has 6 heteroatoms. The highest BCUT2D eigenvalue weighted by atomic mass is 19.1. The fourth-order valence-electron chi connectivity index (χ4n) is 3.73. The van der Waals surface area contributed by atoms with Gasteiger partial charge in [-0.1, -0.05) is 56.3 Å². The number of benzene rings is 2. The Bertz CT molecular complexity index is 1250. The predicted octanol–water partition coefficient (Wildman–Crippen LogP) is 5.54. The maximum Gasteiger partial charge on any atom is 0.252 e. The second-order valence-corrected chi connectivity index (χ2v) is 8.02. The van der Waals surface area contributed by atoms with Crippen LogP contribution in [0.5, 0.6) is 0 Å². The molecule has 4 aromatic rings. The molecule has 31 heavy (non-hydrogen) atoms. The minimum absolute atomic E-state index is 0.241. The van der Waals surface area contributed by atoms with Crippen LogP contribution in [0.15, 0.2) is 67.0 Å². The number of nitrogens with one attached hydrogen (secondary N) is 1. The Morgan fingerprint density at radius 3 is 2.45 bits per heavy atom.